The van der Waals surface area contributed by atoms with E-state index in [-0.39, 0.29) is 0 Å². The lowest BCUT2D eigenvalue weighted by Crippen LogP contribution is -2.31. The molecule has 0 aliphatic rings. The highest BCUT2D eigenvalue weighted by molar-refractivity contribution is 5.63. The number of pyridine rings is 4. The number of aromatic nitrogens is 4. The average Bonchev–Trinajstić information content (AvgIpc) is 2.83. The Bertz CT molecular complexity index is 962. The highest BCUT2D eigenvalue weighted by Gasteiger charge is 2.10. The van der Waals surface area contributed by atoms with Crippen molar-refractivity contribution >= 4 is 5.97 Å². The molecule has 31 heavy (non-hydrogen) atoms. The molecule has 0 fully saturated rings. The molecule has 0 bridgehead atoms. The third kappa shape index (κ3) is 9.70. The fourth-order valence-corrected chi connectivity index (χ4v) is 2.18. The molecule has 0 amide bonds. The second-order valence-electron chi connectivity index (χ2n) is 5.59. The van der Waals surface area contributed by atoms with Gasteiger partial charge in [-0.05, 0) is 42.5 Å². The third-order valence-corrected chi connectivity index (χ3v) is 3.36. The fraction of sp³-hybridized carbons (Fsp3) is 0.0455. The predicted molar refractivity (Wildman–Crippen MR) is 113 cm³/mol. The maximum absolute atomic E-state index is 9.44. The molecule has 4 rings (SSSR count). The normalized spacial score (nSPS) is 8.87. The monoisotopic (exact) mass is 423 g/mol. The number of carbonyl (C=O) groups is 1. The van der Waals surface area contributed by atoms with Gasteiger partial charge in [0.2, 0.25) is 6.20 Å². The summed E-state index contributed by atoms with van der Waals surface area (Å²) in [7, 11) is 0. The molecule has 160 valence electrons. The Morgan fingerprint density at radius 1 is 0.710 bits per heavy atom. The largest absolute Gasteiger partial charge is 0.481 e. The number of aliphatic carboxylic acids is 1. The quantitative estimate of drug-likeness (QED) is 0.166. The molecule has 9 nitrogen and oxygen atoms in total. The lowest BCUT2D eigenvalue weighted by atomic mass is 10.2. The van der Waals surface area contributed by atoms with Crippen molar-refractivity contribution in [2.45, 2.75) is 6.92 Å². The van der Waals surface area contributed by atoms with Gasteiger partial charge in [0.15, 0.2) is 0 Å². The molecular weight excluding hydrogens is 400 g/mol. The van der Waals surface area contributed by atoms with Gasteiger partial charge in [0, 0.05) is 42.4 Å². The lowest BCUT2D eigenvalue weighted by molar-refractivity contribution is -0.896. The second kappa shape index (κ2) is 14.7. The summed E-state index contributed by atoms with van der Waals surface area (Å²) in [6, 6.07) is 22.6. The van der Waals surface area contributed by atoms with Crippen molar-refractivity contribution in [1.29, 1.82) is 0 Å². The minimum atomic E-state index is -0.833. The molecule has 0 saturated heterocycles. The summed E-state index contributed by atoms with van der Waals surface area (Å²) in [5.74, 6) is -0.833. The van der Waals surface area contributed by atoms with Gasteiger partial charge in [0.05, 0.1) is 11.4 Å². The van der Waals surface area contributed by atoms with E-state index in [0.717, 1.165) is 28.7 Å². The van der Waals surface area contributed by atoms with E-state index in [1.165, 1.54) is 0 Å². The smallest absolute Gasteiger partial charge is 0.300 e. The number of hydrogen-bond donors (Lipinski definition) is 4. The van der Waals surface area contributed by atoms with Gasteiger partial charge in [-0.2, -0.15) is 0 Å². The first-order chi connectivity index (χ1) is 15.1. The summed E-state index contributed by atoms with van der Waals surface area (Å²) in [6.07, 6.45) is 6.81. The molecule has 4 aromatic heterocycles. The van der Waals surface area contributed by atoms with Crippen LogP contribution in [0.2, 0.25) is 0 Å². The molecular formula is C22H23N4O5+. The van der Waals surface area contributed by atoms with Crippen molar-refractivity contribution in [3.05, 3.63) is 97.6 Å². The summed E-state index contributed by atoms with van der Waals surface area (Å²) >= 11 is 0. The molecule has 0 aliphatic heterocycles. The van der Waals surface area contributed by atoms with Crippen LogP contribution >= 0.6 is 0 Å². The van der Waals surface area contributed by atoms with Crippen LogP contribution in [0.25, 0.3) is 22.8 Å². The van der Waals surface area contributed by atoms with Crippen LogP contribution in [0.4, 0.5) is 0 Å². The van der Waals surface area contributed by atoms with Gasteiger partial charge >= 0.3 is 0 Å². The van der Waals surface area contributed by atoms with Gasteiger partial charge in [-0.1, -0.05) is 18.2 Å². The highest BCUT2D eigenvalue weighted by atomic mass is 17.0. The number of hydrogen-bond acceptors (Lipinski definition) is 7. The van der Waals surface area contributed by atoms with E-state index in [2.05, 4.69) is 15.0 Å². The number of rotatable bonds is 2. The Hall–Kier alpha value is -4.21. The Balaban J connectivity index is 0.000000249. The fourth-order valence-electron chi connectivity index (χ4n) is 2.18. The van der Waals surface area contributed by atoms with Gasteiger partial charge < -0.3 is 5.11 Å². The highest BCUT2D eigenvalue weighted by Crippen LogP contribution is 2.11. The second-order valence-corrected chi connectivity index (χ2v) is 5.59. The molecule has 9 heteroatoms. The van der Waals surface area contributed by atoms with Crippen LogP contribution in [-0.4, -0.2) is 41.7 Å². The number of carboxylic acid groups (broad SMARTS) is 1. The molecule has 0 unspecified atom stereocenters. The molecule has 0 aromatic carbocycles. The number of nitrogens with zero attached hydrogens (tertiary/aromatic N) is 4. The van der Waals surface area contributed by atoms with E-state index in [9.17, 15) is 5.21 Å². The van der Waals surface area contributed by atoms with E-state index in [1.807, 2.05) is 66.7 Å². The first kappa shape index (κ1) is 24.8. The minimum absolute atomic E-state index is 0.683. The SMILES string of the molecule is CC(=O)O.OO.O[n+]1ccccc1-c1ccccn1.c1ccc(-c2ccccn2)nc1. The molecule has 0 aliphatic carbocycles. The van der Waals surface area contributed by atoms with Gasteiger partial charge in [-0.25, -0.2) is 4.98 Å². The molecule has 0 saturated carbocycles. The van der Waals surface area contributed by atoms with Crippen LogP contribution in [0.3, 0.4) is 0 Å². The van der Waals surface area contributed by atoms with Crippen molar-refractivity contribution in [2.24, 2.45) is 0 Å². The minimum Gasteiger partial charge on any atom is -0.481 e. The topological polar surface area (TPSA) is 141 Å². The molecule has 0 spiro atoms. The van der Waals surface area contributed by atoms with E-state index in [0.29, 0.717) is 5.69 Å². The van der Waals surface area contributed by atoms with Crippen molar-refractivity contribution in [1.82, 2.24) is 15.0 Å². The summed E-state index contributed by atoms with van der Waals surface area (Å²) in [4.78, 5) is 21.5. The summed E-state index contributed by atoms with van der Waals surface area (Å²) in [5, 5.41) is 28.9. The maximum atomic E-state index is 9.44. The average molecular weight is 423 g/mol. The van der Waals surface area contributed by atoms with E-state index in [4.69, 9.17) is 20.4 Å². The Kier molecular flexibility index (Phi) is 11.8. The van der Waals surface area contributed by atoms with Crippen molar-refractivity contribution in [3.8, 4) is 22.8 Å². The first-order valence-electron chi connectivity index (χ1n) is 8.91. The summed E-state index contributed by atoms with van der Waals surface area (Å²) < 4.78 is 1.06. The molecule has 4 N–H and O–H groups in total. The van der Waals surface area contributed by atoms with E-state index in [1.54, 1.807) is 30.9 Å². The lowest BCUT2D eigenvalue weighted by Gasteiger charge is -1.96. The van der Waals surface area contributed by atoms with Crippen LogP contribution in [0, 0.1) is 0 Å². The van der Waals surface area contributed by atoms with Crippen molar-refractivity contribution < 1.29 is 30.4 Å². The van der Waals surface area contributed by atoms with E-state index < -0.39 is 5.97 Å². The van der Waals surface area contributed by atoms with Crippen LogP contribution in [0.15, 0.2) is 97.6 Å². The molecule has 0 atom stereocenters. The van der Waals surface area contributed by atoms with Crippen molar-refractivity contribution in [3.63, 3.8) is 0 Å². The van der Waals surface area contributed by atoms with Crippen molar-refractivity contribution in [2.75, 3.05) is 0 Å². The zero-order chi connectivity index (χ0) is 22.9. The van der Waals surface area contributed by atoms with Crippen LogP contribution in [-0.2, 0) is 4.79 Å². The van der Waals surface area contributed by atoms with Crippen LogP contribution in [0.5, 0.6) is 0 Å². The summed E-state index contributed by atoms with van der Waals surface area (Å²) in [6.45, 7) is 1.08. The van der Waals surface area contributed by atoms with Gasteiger partial charge in [-0.3, -0.25) is 30.5 Å². The zero-order valence-corrected chi connectivity index (χ0v) is 16.7. The van der Waals surface area contributed by atoms with Gasteiger partial charge in [-0.15, -0.1) is 0 Å². The predicted octanol–water partition coefficient (Wildman–Crippen LogP) is 3.53. The maximum Gasteiger partial charge on any atom is 0.300 e. The molecule has 4 heterocycles. The molecule has 0 radical (unpaired) electrons. The van der Waals surface area contributed by atoms with Crippen LogP contribution < -0.4 is 4.73 Å². The number of carboxylic acids is 1. The summed E-state index contributed by atoms with van der Waals surface area (Å²) in [5.41, 5.74) is 3.27. The molecule has 4 aromatic rings. The first-order valence-corrected chi connectivity index (χ1v) is 8.91. The van der Waals surface area contributed by atoms with Gasteiger partial charge in [0.25, 0.3) is 11.7 Å². The third-order valence-electron chi connectivity index (χ3n) is 3.36. The Labute approximate surface area is 179 Å². The Morgan fingerprint density at radius 2 is 1.10 bits per heavy atom. The Morgan fingerprint density at radius 3 is 1.45 bits per heavy atom. The van der Waals surface area contributed by atoms with Crippen LogP contribution in [0.1, 0.15) is 6.92 Å². The van der Waals surface area contributed by atoms with E-state index >= 15 is 0 Å². The zero-order valence-electron chi connectivity index (χ0n) is 16.7. The van der Waals surface area contributed by atoms with Gasteiger partial charge in [0.1, 0.15) is 5.69 Å². The standard InChI is InChI=1S/C10H9N2O.C10H8N2.C2H4O2.H2O2/c13-12-8-4-2-6-10(12)9-5-1-3-7-11-9;1-3-7-11-9(5-1)10-6-2-4-8-12-10;1-2(3)4;1-2/h1-8,13H;1-8H;1H3,(H,3,4);1-2H/q+1;;;.